The summed E-state index contributed by atoms with van der Waals surface area (Å²) in [5.41, 5.74) is 3.43. The number of piperazine rings is 1. The van der Waals surface area contributed by atoms with Gasteiger partial charge in [0.2, 0.25) is 0 Å². The Morgan fingerprint density at radius 2 is 0.880 bits per heavy atom. The van der Waals surface area contributed by atoms with Crippen LogP contribution < -0.4 is 5.32 Å². The summed E-state index contributed by atoms with van der Waals surface area (Å²) < 4.78 is 3.23. The fraction of sp³-hybridized carbons (Fsp3) is 1.00. The summed E-state index contributed by atoms with van der Waals surface area (Å²) in [6.07, 6.45) is 23.5. The topological polar surface area (TPSA) is 15.3 Å². The van der Waals surface area contributed by atoms with E-state index in [0.717, 1.165) is 16.6 Å². The van der Waals surface area contributed by atoms with E-state index in [4.69, 9.17) is 0 Å². The number of nitrogens with zero attached hydrogens (tertiary/aromatic N) is 1. The highest BCUT2D eigenvalue weighted by Gasteiger charge is 2.56. The van der Waals surface area contributed by atoms with Crippen molar-refractivity contribution >= 4 is 8.24 Å². The number of hydrogen-bond acceptors (Lipinski definition) is 2. The van der Waals surface area contributed by atoms with E-state index in [1.54, 1.807) is 77.0 Å². The average molecular weight is 363 g/mol. The molecule has 4 aliphatic rings. The monoisotopic (exact) mass is 362 g/mol. The molecule has 1 aliphatic heterocycles. The SMILES string of the molecule is C1CCC([Si](C2CCCCC2)(C2CCCCC2)N2CCNCC2)CC1. The van der Waals surface area contributed by atoms with Gasteiger partial charge < -0.3 is 9.88 Å². The maximum atomic E-state index is 3.68. The Labute approximate surface area is 157 Å². The average Bonchev–Trinajstić information content (AvgIpc) is 2.72. The van der Waals surface area contributed by atoms with E-state index in [1.165, 1.54) is 45.4 Å². The van der Waals surface area contributed by atoms with Gasteiger partial charge in [0.25, 0.3) is 0 Å². The molecule has 0 aromatic rings. The predicted molar refractivity (Wildman–Crippen MR) is 111 cm³/mol. The minimum absolute atomic E-state index is 1.14. The van der Waals surface area contributed by atoms with Crippen LogP contribution in [0.3, 0.4) is 0 Å². The highest BCUT2D eigenvalue weighted by atomic mass is 28.3. The van der Waals surface area contributed by atoms with Gasteiger partial charge in [-0.25, -0.2) is 0 Å². The van der Waals surface area contributed by atoms with Crippen LogP contribution in [0.25, 0.3) is 0 Å². The van der Waals surface area contributed by atoms with Crippen LogP contribution in [0.5, 0.6) is 0 Å². The van der Waals surface area contributed by atoms with Gasteiger partial charge in [-0.3, -0.25) is 0 Å². The lowest BCUT2D eigenvalue weighted by Crippen LogP contribution is -2.67. The first-order valence-electron chi connectivity index (χ1n) is 11.9. The second kappa shape index (κ2) is 8.88. The molecule has 0 bridgehead atoms. The molecule has 0 aromatic heterocycles. The highest BCUT2D eigenvalue weighted by molar-refractivity contribution is 6.81. The van der Waals surface area contributed by atoms with E-state index < -0.39 is 8.24 Å². The van der Waals surface area contributed by atoms with Crippen molar-refractivity contribution in [2.75, 3.05) is 26.2 Å². The van der Waals surface area contributed by atoms with Crippen LogP contribution in [0.4, 0.5) is 0 Å². The smallest absolute Gasteiger partial charge is 0.137 e. The van der Waals surface area contributed by atoms with Gasteiger partial charge in [-0.1, -0.05) is 96.3 Å². The van der Waals surface area contributed by atoms with Crippen LogP contribution in [0.2, 0.25) is 16.6 Å². The van der Waals surface area contributed by atoms with Gasteiger partial charge in [0, 0.05) is 26.2 Å². The van der Waals surface area contributed by atoms with E-state index in [2.05, 4.69) is 9.88 Å². The normalized spacial score (nSPS) is 29.8. The standard InChI is InChI=1S/C22H42N2Si/c1-4-10-20(11-5-1)25(21-12-6-2-7-13-21,22-14-8-3-9-15-22)24-18-16-23-17-19-24/h20-23H,1-19H2. The van der Waals surface area contributed by atoms with Crippen LogP contribution in [0.15, 0.2) is 0 Å². The number of hydrogen-bond donors (Lipinski definition) is 1. The molecule has 0 spiro atoms. The Morgan fingerprint density at radius 3 is 1.24 bits per heavy atom. The molecule has 0 radical (unpaired) electrons. The highest BCUT2D eigenvalue weighted by Crippen LogP contribution is 2.58. The van der Waals surface area contributed by atoms with Crippen molar-refractivity contribution in [1.82, 2.24) is 9.88 Å². The second-order valence-electron chi connectivity index (χ2n) is 9.63. The van der Waals surface area contributed by atoms with E-state index in [0.29, 0.717) is 0 Å². The molecule has 4 fully saturated rings. The lowest BCUT2D eigenvalue weighted by atomic mass is 9.98. The van der Waals surface area contributed by atoms with Gasteiger partial charge >= 0.3 is 0 Å². The van der Waals surface area contributed by atoms with E-state index >= 15 is 0 Å². The van der Waals surface area contributed by atoms with E-state index in [9.17, 15) is 0 Å². The van der Waals surface area contributed by atoms with Crippen molar-refractivity contribution in [1.29, 1.82) is 0 Å². The van der Waals surface area contributed by atoms with Gasteiger partial charge in [0.05, 0.1) is 0 Å². The quantitative estimate of drug-likeness (QED) is 0.632. The predicted octanol–water partition coefficient (Wildman–Crippen LogP) is 5.84. The zero-order valence-corrected chi connectivity index (χ0v) is 17.6. The molecule has 4 rings (SSSR count). The van der Waals surface area contributed by atoms with Gasteiger partial charge in [-0.05, 0) is 16.6 Å². The molecule has 2 nitrogen and oxygen atoms in total. The minimum Gasteiger partial charge on any atom is -0.320 e. The summed E-state index contributed by atoms with van der Waals surface area (Å²) in [7, 11) is -1.40. The van der Waals surface area contributed by atoms with Crippen LogP contribution in [-0.2, 0) is 0 Å². The van der Waals surface area contributed by atoms with Crippen molar-refractivity contribution in [3.63, 3.8) is 0 Å². The summed E-state index contributed by atoms with van der Waals surface area (Å²) in [6, 6.07) is 0. The molecule has 144 valence electrons. The lowest BCUT2D eigenvalue weighted by molar-refractivity contribution is 0.294. The number of rotatable bonds is 4. The zero-order valence-electron chi connectivity index (χ0n) is 16.6. The minimum atomic E-state index is -1.40. The summed E-state index contributed by atoms with van der Waals surface area (Å²) in [5, 5.41) is 3.68. The first-order valence-corrected chi connectivity index (χ1v) is 14.1. The Hall–Kier alpha value is 0.137. The van der Waals surface area contributed by atoms with Crippen molar-refractivity contribution in [2.45, 2.75) is 113 Å². The lowest BCUT2D eigenvalue weighted by Gasteiger charge is -2.59. The molecule has 3 heteroatoms. The summed E-state index contributed by atoms with van der Waals surface area (Å²) in [5.74, 6) is 0. The Morgan fingerprint density at radius 1 is 0.520 bits per heavy atom. The van der Waals surface area contributed by atoms with Crippen molar-refractivity contribution in [3.8, 4) is 0 Å². The fourth-order valence-electron chi connectivity index (χ4n) is 7.52. The van der Waals surface area contributed by atoms with Crippen molar-refractivity contribution in [3.05, 3.63) is 0 Å². The molecule has 1 N–H and O–H groups in total. The Kier molecular flexibility index (Phi) is 6.57. The van der Waals surface area contributed by atoms with Crippen LogP contribution in [-0.4, -0.2) is 39.0 Å². The Balaban J connectivity index is 1.70. The molecule has 0 amide bonds. The maximum absolute atomic E-state index is 3.68. The first kappa shape index (κ1) is 18.5. The first-order chi connectivity index (χ1) is 12.4. The molecule has 3 saturated carbocycles. The molecule has 3 aliphatic carbocycles. The number of nitrogens with one attached hydrogen (secondary N) is 1. The van der Waals surface area contributed by atoms with Gasteiger partial charge in [0.1, 0.15) is 8.24 Å². The fourth-order valence-corrected chi connectivity index (χ4v) is 16.1. The molecular weight excluding hydrogens is 320 g/mol. The molecule has 0 aromatic carbocycles. The largest absolute Gasteiger partial charge is 0.320 e. The van der Waals surface area contributed by atoms with Crippen LogP contribution in [0.1, 0.15) is 96.3 Å². The van der Waals surface area contributed by atoms with Gasteiger partial charge in [-0.15, -0.1) is 0 Å². The van der Waals surface area contributed by atoms with Gasteiger partial charge in [0.15, 0.2) is 0 Å². The molecular formula is C22H42N2Si. The molecule has 1 saturated heterocycles. The van der Waals surface area contributed by atoms with E-state index in [-0.39, 0.29) is 0 Å². The summed E-state index contributed by atoms with van der Waals surface area (Å²) in [6.45, 7) is 5.30. The summed E-state index contributed by atoms with van der Waals surface area (Å²) in [4.78, 5) is 0. The van der Waals surface area contributed by atoms with Crippen LogP contribution in [0, 0.1) is 0 Å². The third kappa shape index (κ3) is 3.75. The van der Waals surface area contributed by atoms with Crippen molar-refractivity contribution < 1.29 is 0 Å². The molecule has 1 heterocycles. The second-order valence-corrected chi connectivity index (χ2v) is 14.5. The third-order valence-electron chi connectivity index (χ3n) is 8.44. The summed E-state index contributed by atoms with van der Waals surface area (Å²) >= 11 is 0. The molecule has 0 unspecified atom stereocenters. The zero-order chi connectivity index (χ0) is 17.0. The van der Waals surface area contributed by atoms with Crippen LogP contribution >= 0.6 is 0 Å². The maximum Gasteiger partial charge on any atom is 0.137 e. The third-order valence-corrected chi connectivity index (χ3v) is 15.6. The Bertz CT molecular complexity index is 311. The van der Waals surface area contributed by atoms with Crippen molar-refractivity contribution in [2.24, 2.45) is 0 Å². The van der Waals surface area contributed by atoms with E-state index in [1.807, 2.05) is 0 Å². The molecule has 25 heavy (non-hydrogen) atoms. The molecule has 0 atom stereocenters. The van der Waals surface area contributed by atoms with Gasteiger partial charge in [-0.2, -0.15) is 0 Å².